The first-order chi connectivity index (χ1) is 14.7. The SMILES string of the molecule is Cc1nc(Nc2nc(NCc3ccc(NS(=O)O)cc3)cc(C(C)C)n2)sc1C(=O)O. The van der Waals surface area contributed by atoms with Crippen molar-refractivity contribution in [2.24, 2.45) is 0 Å². The largest absolute Gasteiger partial charge is 0.477 e. The number of carbonyl (C=O) groups is 1. The fourth-order valence-electron chi connectivity index (χ4n) is 2.64. The van der Waals surface area contributed by atoms with Gasteiger partial charge in [-0.3, -0.25) is 14.6 Å². The molecule has 1 atom stereocenters. The van der Waals surface area contributed by atoms with E-state index in [1.54, 1.807) is 19.1 Å². The zero-order chi connectivity index (χ0) is 22.5. The van der Waals surface area contributed by atoms with E-state index in [0.29, 0.717) is 34.8 Å². The molecule has 0 bridgehead atoms. The average molecular weight is 463 g/mol. The molecule has 0 aliphatic heterocycles. The Bertz CT molecular complexity index is 1100. The maximum absolute atomic E-state index is 11.2. The molecule has 2 aromatic heterocycles. The van der Waals surface area contributed by atoms with E-state index >= 15 is 0 Å². The summed E-state index contributed by atoms with van der Waals surface area (Å²) in [6, 6.07) is 8.94. The second-order valence-corrected chi connectivity index (χ2v) is 8.62. The summed E-state index contributed by atoms with van der Waals surface area (Å²) in [4.78, 5) is 24.6. The molecule has 1 unspecified atom stereocenters. The maximum Gasteiger partial charge on any atom is 0.347 e. The van der Waals surface area contributed by atoms with Gasteiger partial charge < -0.3 is 10.4 Å². The van der Waals surface area contributed by atoms with Crippen LogP contribution in [0.4, 0.5) is 22.6 Å². The van der Waals surface area contributed by atoms with Gasteiger partial charge in [0.1, 0.15) is 10.7 Å². The lowest BCUT2D eigenvalue weighted by molar-refractivity contribution is 0.0701. The monoisotopic (exact) mass is 462 g/mol. The first-order valence-electron chi connectivity index (χ1n) is 9.28. The van der Waals surface area contributed by atoms with Gasteiger partial charge in [0.15, 0.2) is 5.13 Å². The van der Waals surface area contributed by atoms with E-state index in [4.69, 9.17) is 4.55 Å². The minimum Gasteiger partial charge on any atom is -0.477 e. The molecule has 0 radical (unpaired) electrons. The van der Waals surface area contributed by atoms with E-state index in [2.05, 4.69) is 30.3 Å². The number of benzene rings is 1. The van der Waals surface area contributed by atoms with Gasteiger partial charge in [0, 0.05) is 18.3 Å². The van der Waals surface area contributed by atoms with Crippen LogP contribution in [0.5, 0.6) is 0 Å². The number of carboxylic acids is 1. The highest BCUT2D eigenvalue weighted by atomic mass is 32.2. The van der Waals surface area contributed by atoms with Gasteiger partial charge in [-0.15, -0.1) is 0 Å². The second-order valence-electron chi connectivity index (χ2n) is 6.92. The molecule has 2 heterocycles. The first-order valence-corrected chi connectivity index (χ1v) is 11.2. The van der Waals surface area contributed by atoms with Crippen molar-refractivity contribution in [3.8, 4) is 0 Å². The lowest BCUT2D eigenvalue weighted by Crippen LogP contribution is -2.07. The molecule has 164 valence electrons. The molecule has 1 aromatic carbocycles. The molecule has 3 aromatic rings. The minimum absolute atomic E-state index is 0.154. The summed E-state index contributed by atoms with van der Waals surface area (Å²) in [5.74, 6) is 0.0612. The number of carboxylic acid groups (broad SMARTS) is 1. The van der Waals surface area contributed by atoms with Crippen LogP contribution in [0.15, 0.2) is 30.3 Å². The number of nitrogens with zero attached hydrogens (tertiary/aromatic N) is 3. The molecule has 0 amide bonds. The third-order valence-electron chi connectivity index (χ3n) is 4.18. The first kappa shape index (κ1) is 22.6. The Labute approximate surface area is 185 Å². The predicted octanol–water partition coefficient (Wildman–Crippen LogP) is 3.97. The number of thiazole rings is 1. The van der Waals surface area contributed by atoms with E-state index < -0.39 is 17.2 Å². The Morgan fingerprint density at radius 1 is 1.19 bits per heavy atom. The fraction of sp³-hybridized carbons (Fsp3) is 0.263. The zero-order valence-electron chi connectivity index (χ0n) is 17.0. The van der Waals surface area contributed by atoms with E-state index in [1.165, 1.54) is 0 Å². The summed E-state index contributed by atoms with van der Waals surface area (Å²) in [5.41, 5.74) is 2.74. The highest BCUT2D eigenvalue weighted by Gasteiger charge is 2.15. The summed E-state index contributed by atoms with van der Waals surface area (Å²) in [7, 11) is 0. The van der Waals surface area contributed by atoms with Crippen LogP contribution in [0.2, 0.25) is 0 Å². The van der Waals surface area contributed by atoms with Crippen molar-refractivity contribution < 1.29 is 18.7 Å². The fourth-order valence-corrected chi connectivity index (χ4v) is 3.77. The van der Waals surface area contributed by atoms with Crippen molar-refractivity contribution in [1.29, 1.82) is 0 Å². The van der Waals surface area contributed by atoms with Crippen LogP contribution in [-0.2, 0) is 17.8 Å². The Balaban J connectivity index is 1.76. The van der Waals surface area contributed by atoms with Crippen molar-refractivity contribution in [2.45, 2.75) is 33.2 Å². The molecule has 0 fully saturated rings. The molecule has 31 heavy (non-hydrogen) atoms. The van der Waals surface area contributed by atoms with E-state index in [9.17, 15) is 14.1 Å². The molecular weight excluding hydrogens is 440 g/mol. The van der Waals surface area contributed by atoms with Crippen LogP contribution in [-0.4, -0.2) is 34.8 Å². The number of aryl methyl sites for hydroxylation is 1. The molecule has 12 heteroatoms. The number of anilines is 4. The van der Waals surface area contributed by atoms with Crippen molar-refractivity contribution >= 4 is 51.2 Å². The quantitative estimate of drug-likeness (QED) is 0.298. The third kappa shape index (κ3) is 6.20. The lowest BCUT2D eigenvalue weighted by Gasteiger charge is -2.12. The second kappa shape index (κ2) is 9.81. The van der Waals surface area contributed by atoms with Crippen molar-refractivity contribution in [2.75, 3.05) is 15.4 Å². The highest BCUT2D eigenvalue weighted by molar-refractivity contribution is 7.80. The standard InChI is InChI=1S/C19H22N6O4S2/c1-10(2)14-8-15(20-9-12-4-6-13(7-5-12)25-31(28)29)23-18(22-14)24-19-21-11(3)16(30-19)17(26)27/h4-8,10,25H,9H2,1-3H3,(H,26,27)(H,28,29)(H2,20,21,22,23,24). The van der Waals surface area contributed by atoms with E-state index in [1.807, 2.05) is 32.0 Å². The van der Waals surface area contributed by atoms with Gasteiger partial charge in [-0.05, 0) is 30.5 Å². The third-order valence-corrected chi connectivity index (χ3v) is 5.65. The van der Waals surface area contributed by atoms with Crippen molar-refractivity contribution in [1.82, 2.24) is 15.0 Å². The molecule has 0 aliphatic carbocycles. The molecule has 0 aliphatic rings. The Kier molecular flexibility index (Phi) is 7.15. The topological polar surface area (TPSA) is 149 Å². The summed E-state index contributed by atoms with van der Waals surface area (Å²) < 4.78 is 22.1. The average Bonchev–Trinajstić information content (AvgIpc) is 3.07. The molecule has 0 saturated carbocycles. The van der Waals surface area contributed by atoms with Crippen LogP contribution in [0.25, 0.3) is 0 Å². The molecule has 0 spiro atoms. The number of rotatable bonds is 9. The van der Waals surface area contributed by atoms with Crippen LogP contribution < -0.4 is 15.4 Å². The minimum atomic E-state index is -2.11. The molecule has 5 N–H and O–H groups in total. The van der Waals surface area contributed by atoms with Gasteiger partial charge in [0.05, 0.1) is 11.4 Å². The Morgan fingerprint density at radius 3 is 2.48 bits per heavy atom. The zero-order valence-corrected chi connectivity index (χ0v) is 18.7. The summed E-state index contributed by atoms with van der Waals surface area (Å²) in [6.07, 6.45) is 0. The van der Waals surface area contributed by atoms with Gasteiger partial charge >= 0.3 is 5.97 Å². The van der Waals surface area contributed by atoms with E-state index in [0.717, 1.165) is 22.6 Å². The van der Waals surface area contributed by atoms with Gasteiger partial charge in [-0.2, -0.15) is 4.98 Å². The predicted molar refractivity (Wildman–Crippen MR) is 121 cm³/mol. The smallest absolute Gasteiger partial charge is 0.347 e. The Hall–Kier alpha value is -3.09. The lowest BCUT2D eigenvalue weighted by atomic mass is 10.1. The van der Waals surface area contributed by atoms with Crippen LogP contribution >= 0.6 is 11.3 Å². The number of aromatic carboxylic acids is 1. The van der Waals surface area contributed by atoms with Crippen LogP contribution in [0, 0.1) is 6.92 Å². The molecule has 3 rings (SSSR count). The summed E-state index contributed by atoms with van der Waals surface area (Å²) in [6.45, 7) is 6.16. The van der Waals surface area contributed by atoms with Crippen molar-refractivity contribution in [3.05, 3.63) is 52.2 Å². The normalized spacial score (nSPS) is 11.9. The number of hydrogen-bond acceptors (Lipinski definition) is 8. The molecule has 0 saturated heterocycles. The van der Waals surface area contributed by atoms with Gasteiger partial charge in [0.2, 0.25) is 5.95 Å². The van der Waals surface area contributed by atoms with Gasteiger partial charge in [0.25, 0.3) is 11.3 Å². The number of hydrogen-bond donors (Lipinski definition) is 5. The number of nitrogens with one attached hydrogen (secondary N) is 3. The van der Waals surface area contributed by atoms with Crippen LogP contribution in [0.3, 0.4) is 0 Å². The Morgan fingerprint density at radius 2 is 1.90 bits per heavy atom. The van der Waals surface area contributed by atoms with E-state index in [-0.39, 0.29) is 10.8 Å². The number of aromatic nitrogens is 3. The molecule has 10 nitrogen and oxygen atoms in total. The van der Waals surface area contributed by atoms with Crippen molar-refractivity contribution in [3.63, 3.8) is 0 Å². The van der Waals surface area contributed by atoms with Gasteiger partial charge in [-0.1, -0.05) is 37.3 Å². The summed E-state index contributed by atoms with van der Waals surface area (Å²) in [5, 5.41) is 15.9. The molecular formula is C19H22N6O4S2. The van der Waals surface area contributed by atoms with Gasteiger partial charge in [-0.25, -0.2) is 19.0 Å². The van der Waals surface area contributed by atoms with Crippen LogP contribution in [0.1, 0.15) is 46.4 Å². The summed E-state index contributed by atoms with van der Waals surface area (Å²) >= 11 is -1.08. The maximum atomic E-state index is 11.2. The highest BCUT2D eigenvalue weighted by Crippen LogP contribution is 2.26.